The van der Waals surface area contributed by atoms with Crippen LogP contribution in [0.5, 0.6) is 0 Å². The van der Waals surface area contributed by atoms with Crippen LogP contribution in [0.4, 0.5) is 39.8 Å². The predicted octanol–water partition coefficient (Wildman–Crippen LogP) is -13.8. The molecule has 30 nitrogen and oxygen atoms in total. The Morgan fingerprint density at radius 2 is 1.05 bits per heavy atom. The van der Waals surface area contributed by atoms with E-state index in [1.807, 2.05) is 0 Å². The zero-order valence-corrected chi connectivity index (χ0v) is 55.1. The molecule has 7 aromatic rings. The van der Waals surface area contributed by atoms with Gasteiger partial charge in [0.25, 0.3) is 10.1 Å². The van der Waals surface area contributed by atoms with Crippen LogP contribution in [-0.4, -0.2) is 101 Å². The van der Waals surface area contributed by atoms with Gasteiger partial charge in [0.1, 0.15) is 56.7 Å². The van der Waals surface area contributed by atoms with Crippen molar-refractivity contribution in [3.63, 3.8) is 0 Å². The fourth-order valence-corrected chi connectivity index (χ4v) is 9.44. The van der Waals surface area contributed by atoms with Crippen LogP contribution in [0.3, 0.4) is 0 Å². The molecule has 2 aromatic heterocycles. The molecule has 2 heterocycles. The van der Waals surface area contributed by atoms with Crippen LogP contribution in [0, 0.1) is 5.41 Å². The second-order valence-electron chi connectivity index (χ2n) is 13.9. The van der Waals surface area contributed by atoms with Gasteiger partial charge >= 0.3 is 148 Å². The number of anilines is 1. The van der Waals surface area contributed by atoms with E-state index in [1.54, 1.807) is 0 Å². The first kappa shape index (κ1) is 70.7. The third kappa shape index (κ3) is 19.1. The number of hydrogen-bond donors (Lipinski definition) is 7. The van der Waals surface area contributed by atoms with Gasteiger partial charge in [-0.05, 0) is 107 Å². The van der Waals surface area contributed by atoms with Crippen LogP contribution in [0.2, 0.25) is 10.6 Å². The molecule has 7 N–H and O–H groups in total. The van der Waals surface area contributed by atoms with Crippen LogP contribution in [0.25, 0.3) is 10.8 Å². The summed E-state index contributed by atoms with van der Waals surface area (Å²) in [5.41, 5.74) is -3.50. The minimum Gasteiger partial charge on any atom is -0.846 e. The first-order chi connectivity index (χ1) is 33.4. The van der Waals surface area contributed by atoms with E-state index in [0.717, 1.165) is 42.5 Å². The SMILES string of the molecule is N=C([O-])Nc1cc(N=c2nc(Cl)[nH]c(=Nc3cc(N=c4[nH]c(Cl)nc(=Nc5cccc(S(=O)(=O)[O-])c5)[nH]4)ccc3S(=O)(=O)[O-])[nH]2)ccc1N=Nc1cc2c(S(=O)(=O)[O-])cc(S(=O)(=O)[O-])cc2cc1S(=O)(=O)O.[Na+].[Na+].[Na+].[Na+].[Na+]. The minimum atomic E-state index is -5.56. The predicted molar refractivity (Wildman–Crippen MR) is 237 cm³/mol. The van der Waals surface area contributed by atoms with Crippen LogP contribution < -0.4 is 181 Å². The summed E-state index contributed by atoms with van der Waals surface area (Å²) in [5.74, 6) is 0. The van der Waals surface area contributed by atoms with Crippen LogP contribution in [0.1, 0.15) is 0 Å². The van der Waals surface area contributed by atoms with E-state index in [9.17, 15) is 70.0 Å². The van der Waals surface area contributed by atoms with Gasteiger partial charge in [-0.3, -0.25) is 19.9 Å². The van der Waals surface area contributed by atoms with E-state index >= 15 is 0 Å². The third-order valence-electron chi connectivity index (χ3n) is 8.87. The number of benzene rings is 5. The van der Waals surface area contributed by atoms with E-state index in [1.165, 1.54) is 18.2 Å². The molecule has 0 aliphatic heterocycles. The summed E-state index contributed by atoms with van der Waals surface area (Å²) >= 11 is 12.3. The largest absolute Gasteiger partial charge is 1.00 e. The third-order valence-corrected chi connectivity index (χ3v) is 13.5. The molecule has 0 amide bonds. The number of nitrogens with zero attached hydrogens (tertiary/aromatic N) is 8. The molecule has 0 bridgehead atoms. The molecule has 77 heavy (non-hydrogen) atoms. The Balaban J connectivity index is 0.00000406. The summed E-state index contributed by atoms with van der Waals surface area (Å²) < 4.78 is 178. The number of hydrogen-bond acceptors (Lipinski definition) is 24. The molecule has 0 spiro atoms. The Hall–Kier alpha value is -2.42. The summed E-state index contributed by atoms with van der Waals surface area (Å²) in [5, 5.41) is 27.0. The molecule has 0 radical (unpaired) electrons. The molecule has 5 aromatic carbocycles. The Labute approximate surface area is 553 Å². The van der Waals surface area contributed by atoms with Gasteiger partial charge in [-0.2, -0.15) is 18.4 Å². The number of aromatic nitrogens is 6. The first-order valence-corrected chi connectivity index (χ1v) is 26.4. The van der Waals surface area contributed by atoms with E-state index in [2.05, 4.69) is 65.4 Å². The normalized spacial score (nSPS) is 13.0. The maximum Gasteiger partial charge on any atom is 1.00 e. The van der Waals surface area contributed by atoms with Crippen molar-refractivity contribution in [1.82, 2.24) is 29.9 Å². The van der Waals surface area contributed by atoms with Crippen molar-refractivity contribution in [2.75, 3.05) is 5.32 Å². The van der Waals surface area contributed by atoms with Crippen molar-refractivity contribution in [3.05, 3.63) is 118 Å². The van der Waals surface area contributed by atoms with Crippen molar-refractivity contribution >= 4 is 130 Å². The molecule has 0 atom stereocenters. The fourth-order valence-electron chi connectivity index (χ4n) is 6.03. The molecule has 0 aliphatic rings. The Morgan fingerprint density at radius 1 is 0.532 bits per heavy atom. The van der Waals surface area contributed by atoms with Crippen molar-refractivity contribution in [2.24, 2.45) is 30.2 Å². The van der Waals surface area contributed by atoms with Gasteiger partial charge in [0.05, 0.1) is 48.0 Å². The zero-order valence-electron chi connectivity index (χ0n) is 39.5. The monoisotopic (exact) mass is 1240 g/mol. The molecule has 42 heteroatoms. The molecule has 0 saturated heterocycles. The van der Waals surface area contributed by atoms with E-state index in [0.29, 0.717) is 18.2 Å². The Bertz CT molecular complexity index is 4400. The van der Waals surface area contributed by atoms with Gasteiger partial charge in [-0.1, -0.05) is 6.07 Å². The van der Waals surface area contributed by atoms with Crippen molar-refractivity contribution < 1.29 is 218 Å². The standard InChI is InChI=1S/C35H26Cl2N14O16S5.5Na/c36-29-44-32(39-16-2-1-3-19(10-16)68(53,54)55)48-33(45-29)41-18-5-7-26(70(59,60)61)24(12-18)43-35-47-30(37)46-34(49-35)40-17-4-6-22(23(11-17)42-31(38)52)50-51-25-14-21-15(9-28(25)72(65,66)67)8-20(69(56,57)58)13-27(21)71(62,63)64;;;;;/h1-14H,(H3,38,42,52)(H,53,54,55)(H,56,57,58)(H,59,60,61)(H,62,63,64)(H,65,66,67)(H2,39,41,44,45,48)(H2,40,43,46,47,49);;;;;/q;5*+1/p-5. The van der Waals surface area contributed by atoms with Gasteiger partial charge in [0.15, 0.2) is 0 Å². The molecule has 376 valence electrons. The fraction of sp³-hybridized carbons (Fsp3) is 0. The maximum absolute atomic E-state index is 12.4. The second kappa shape index (κ2) is 28.0. The number of nitrogens with one attached hydrogen (secondary N) is 6. The smallest absolute Gasteiger partial charge is 0.846 e. The average molecular weight is 1240 g/mol. The summed E-state index contributed by atoms with van der Waals surface area (Å²) in [6.45, 7) is 0. The van der Waals surface area contributed by atoms with Gasteiger partial charge in [0.2, 0.25) is 33.0 Å². The summed E-state index contributed by atoms with van der Waals surface area (Å²) in [6.07, 6.45) is 0. The van der Waals surface area contributed by atoms with Crippen molar-refractivity contribution in [3.8, 4) is 0 Å². The number of halogens is 2. The molecular weight excluding hydrogens is 1220 g/mol. The second-order valence-corrected chi connectivity index (χ2v) is 21.4. The summed E-state index contributed by atoms with van der Waals surface area (Å²) in [7, 11) is -26.3. The van der Waals surface area contributed by atoms with Gasteiger partial charge in [0, 0.05) is 11.4 Å². The molecule has 0 aliphatic carbocycles. The molecule has 0 fully saturated rings. The first-order valence-electron chi connectivity index (χ1n) is 18.6. The van der Waals surface area contributed by atoms with Crippen molar-refractivity contribution in [2.45, 2.75) is 24.5 Å². The summed E-state index contributed by atoms with van der Waals surface area (Å²) in [6, 6.07) is 11.5. The molecule has 7 rings (SSSR count). The minimum absolute atomic E-state index is 0. The van der Waals surface area contributed by atoms with Crippen molar-refractivity contribution in [1.29, 1.82) is 5.41 Å². The maximum atomic E-state index is 12.4. The van der Waals surface area contributed by atoms with Crippen LogP contribution in [0.15, 0.2) is 140 Å². The number of azo groups is 1. The van der Waals surface area contributed by atoms with Crippen LogP contribution >= 0.6 is 23.2 Å². The quantitative estimate of drug-likeness (QED) is 0.0196. The molecular formula is C35H21Cl2N14Na5O16S5. The zero-order chi connectivity index (χ0) is 52.7. The van der Waals surface area contributed by atoms with E-state index < -0.39 is 120 Å². The average Bonchev–Trinajstić information content (AvgIpc) is 3.23. The van der Waals surface area contributed by atoms with Gasteiger partial charge < -0.3 is 38.6 Å². The number of amidine groups is 1. The molecule has 0 unspecified atom stereocenters. The Morgan fingerprint density at radius 3 is 1.58 bits per heavy atom. The number of rotatable bonds is 12. The topological polar surface area (TPSA) is 505 Å². The number of H-pyrrole nitrogens is 4. The summed E-state index contributed by atoms with van der Waals surface area (Å²) in [4.78, 5) is 29.8. The van der Waals surface area contributed by atoms with Crippen LogP contribution in [-0.2, 0) is 50.6 Å². The van der Waals surface area contributed by atoms with Gasteiger partial charge in [-0.25, -0.2) is 53.6 Å². The number of fused-ring (bicyclic) bond motifs is 1. The van der Waals surface area contributed by atoms with E-state index in [-0.39, 0.29) is 199 Å². The van der Waals surface area contributed by atoms with Gasteiger partial charge in [-0.15, -0.1) is 10.2 Å². The molecule has 0 saturated carbocycles. The number of aromatic amines is 4. The Kier molecular flexibility index (Phi) is 25.7. The van der Waals surface area contributed by atoms with E-state index in [4.69, 9.17) is 28.6 Å².